The Morgan fingerprint density at radius 3 is 3.00 bits per heavy atom. The Labute approximate surface area is 141 Å². The lowest BCUT2D eigenvalue weighted by atomic mass is 10.4. The van der Waals surface area contributed by atoms with E-state index in [0.29, 0.717) is 28.7 Å². The number of hydrogen-bond acceptors (Lipinski definition) is 5. The van der Waals surface area contributed by atoms with Crippen LogP contribution in [0.25, 0.3) is 5.65 Å². The highest BCUT2D eigenvalue weighted by atomic mass is 35.5. The number of fused-ring (bicyclic) bond motifs is 1. The molecule has 3 aromatic heterocycles. The summed E-state index contributed by atoms with van der Waals surface area (Å²) >= 11 is 7.39. The fourth-order valence-electron chi connectivity index (χ4n) is 2.15. The van der Waals surface area contributed by atoms with Crippen LogP contribution in [-0.4, -0.2) is 24.1 Å². The molecule has 0 bridgehead atoms. The third-order valence-electron chi connectivity index (χ3n) is 3.24. The van der Waals surface area contributed by atoms with Gasteiger partial charge in [-0.05, 0) is 19.1 Å². The molecule has 0 radical (unpaired) electrons. The highest BCUT2D eigenvalue weighted by Gasteiger charge is 2.10. The molecule has 0 saturated carbocycles. The molecule has 0 aromatic carbocycles. The van der Waals surface area contributed by atoms with Gasteiger partial charge in [0.05, 0.1) is 10.7 Å². The normalized spacial score (nSPS) is 11.0. The van der Waals surface area contributed by atoms with Gasteiger partial charge in [0, 0.05) is 24.6 Å². The van der Waals surface area contributed by atoms with Crippen LogP contribution in [0.3, 0.4) is 0 Å². The number of allylic oxidation sites excluding steroid dienone is 1. The smallest absolute Gasteiger partial charge is 0.258 e. The molecular weight excluding hydrogens is 334 g/mol. The third kappa shape index (κ3) is 3.30. The number of pyridine rings is 1. The summed E-state index contributed by atoms with van der Waals surface area (Å²) in [6, 6.07) is 4.95. The average molecular weight is 348 g/mol. The van der Waals surface area contributed by atoms with Crippen LogP contribution in [0.5, 0.6) is 0 Å². The molecule has 0 aliphatic heterocycles. The molecule has 0 amide bonds. The van der Waals surface area contributed by atoms with Crippen LogP contribution in [0, 0.1) is 6.92 Å². The van der Waals surface area contributed by atoms with Crippen molar-refractivity contribution < 1.29 is 0 Å². The van der Waals surface area contributed by atoms with E-state index < -0.39 is 0 Å². The molecule has 0 N–H and O–H groups in total. The molecule has 118 valence electrons. The second-order valence-electron chi connectivity index (χ2n) is 4.88. The summed E-state index contributed by atoms with van der Waals surface area (Å²) < 4.78 is 3.40. The highest BCUT2D eigenvalue weighted by Crippen LogP contribution is 2.21. The molecule has 3 aromatic rings. The lowest BCUT2D eigenvalue weighted by Gasteiger charge is -2.06. The SMILES string of the molecule is C=CCn1c(C)nnc1SCc1cc(=O)n2cc(Cl)ccc2n1. The van der Waals surface area contributed by atoms with Crippen LogP contribution in [-0.2, 0) is 12.3 Å². The first-order chi connectivity index (χ1) is 11.1. The van der Waals surface area contributed by atoms with E-state index in [1.165, 1.54) is 22.2 Å². The Kier molecular flexibility index (Phi) is 4.49. The fraction of sp³-hybridized carbons (Fsp3) is 0.200. The maximum Gasteiger partial charge on any atom is 0.258 e. The zero-order chi connectivity index (χ0) is 16.4. The van der Waals surface area contributed by atoms with Gasteiger partial charge in [-0.2, -0.15) is 0 Å². The topological polar surface area (TPSA) is 65.1 Å². The maximum atomic E-state index is 12.1. The van der Waals surface area contributed by atoms with Gasteiger partial charge in [0.1, 0.15) is 11.5 Å². The Morgan fingerprint density at radius 1 is 1.39 bits per heavy atom. The minimum Gasteiger partial charge on any atom is -0.302 e. The molecule has 0 unspecified atom stereocenters. The number of nitrogens with zero attached hydrogens (tertiary/aromatic N) is 5. The van der Waals surface area contributed by atoms with Crippen molar-refractivity contribution in [2.24, 2.45) is 0 Å². The Morgan fingerprint density at radius 2 is 2.22 bits per heavy atom. The lowest BCUT2D eigenvalue weighted by molar-refractivity contribution is 0.703. The highest BCUT2D eigenvalue weighted by molar-refractivity contribution is 7.98. The minimum absolute atomic E-state index is 0.156. The van der Waals surface area contributed by atoms with E-state index in [-0.39, 0.29) is 5.56 Å². The minimum atomic E-state index is -0.156. The molecule has 0 fully saturated rings. The first-order valence-corrected chi connectivity index (χ1v) is 8.26. The van der Waals surface area contributed by atoms with Crippen molar-refractivity contribution in [1.82, 2.24) is 24.1 Å². The zero-order valence-electron chi connectivity index (χ0n) is 12.4. The number of halogens is 1. The van der Waals surface area contributed by atoms with Gasteiger partial charge in [0.15, 0.2) is 5.16 Å². The van der Waals surface area contributed by atoms with Crippen molar-refractivity contribution >= 4 is 29.0 Å². The molecule has 23 heavy (non-hydrogen) atoms. The van der Waals surface area contributed by atoms with Crippen molar-refractivity contribution in [3.8, 4) is 0 Å². The van der Waals surface area contributed by atoms with E-state index in [0.717, 1.165) is 11.0 Å². The number of hydrogen-bond donors (Lipinski definition) is 0. The van der Waals surface area contributed by atoms with E-state index in [1.54, 1.807) is 24.4 Å². The predicted octanol–water partition coefficient (Wildman–Crippen LogP) is 2.73. The van der Waals surface area contributed by atoms with Crippen LogP contribution in [0.1, 0.15) is 11.5 Å². The number of thioether (sulfide) groups is 1. The molecule has 0 spiro atoms. The number of aromatic nitrogens is 5. The molecule has 0 atom stereocenters. The van der Waals surface area contributed by atoms with Gasteiger partial charge in [0.25, 0.3) is 5.56 Å². The van der Waals surface area contributed by atoms with Crippen LogP contribution < -0.4 is 5.56 Å². The zero-order valence-corrected chi connectivity index (χ0v) is 14.0. The van der Waals surface area contributed by atoms with Crippen LogP contribution >= 0.6 is 23.4 Å². The monoisotopic (exact) mass is 347 g/mol. The van der Waals surface area contributed by atoms with Crippen molar-refractivity contribution in [3.63, 3.8) is 0 Å². The van der Waals surface area contributed by atoms with Gasteiger partial charge < -0.3 is 4.57 Å². The Bertz CT molecular complexity index is 933. The Hall–Kier alpha value is -2.12. The molecule has 6 nitrogen and oxygen atoms in total. The summed E-state index contributed by atoms with van der Waals surface area (Å²) in [5, 5.41) is 9.49. The van der Waals surface area contributed by atoms with E-state index in [1.807, 2.05) is 11.5 Å². The first kappa shape index (κ1) is 15.8. The van der Waals surface area contributed by atoms with E-state index in [9.17, 15) is 4.79 Å². The molecule has 8 heteroatoms. The number of rotatable bonds is 5. The van der Waals surface area contributed by atoms with Crippen LogP contribution in [0.2, 0.25) is 5.02 Å². The van der Waals surface area contributed by atoms with Gasteiger partial charge in [-0.15, -0.1) is 16.8 Å². The van der Waals surface area contributed by atoms with Crippen LogP contribution in [0.15, 0.2) is 47.0 Å². The van der Waals surface area contributed by atoms with E-state index in [4.69, 9.17) is 11.6 Å². The van der Waals surface area contributed by atoms with Gasteiger partial charge in [-0.3, -0.25) is 9.20 Å². The van der Waals surface area contributed by atoms with Crippen molar-refractivity contribution in [1.29, 1.82) is 0 Å². The van der Waals surface area contributed by atoms with Gasteiger partial charge in [-0.25, -0.2) is 4.98 Å². The molecular formula is C15H14ClN5OS. The second kappa shape index (κ2) is 6.55. The molecule has 0 aliphatic rings. The lowest BCUT2D eigenvalue weighted by Crippen LogP contribution is -2.15. The third-order valence-corrected chi connectivity index (χ3v) is 4.46. The summed E-state index contributed by atoms with van der Waals surface area (Å²) in [7, 11) is 0. The Balaban J connectivity index is 1.86. The van der Waals surface area contributed by atoms with E-state index >= 15 is 0 Å². The quantitative estimate of drug-likeness (QED) is 0.524. The molecule has 3 rings (SSSR count). The summed E-state index contributed by atoms with van der Waals surface area (Å²) in [6.07, 6.45) is 3.36. The first-order valence-electron chi connectivity index (χ1n) is 6.90. The second-order valence-corrected chi connectivity index (χ2v) is 6.26. The summed E-state index contributed by atoms with van der Waals surface area (Å²) in [6.45, 7) is 6.28. The maximum absolute atomic E-state index is 12.1. The van der Waals surface area contributed by atoms with Crippen molar-refractivity contribution in [3.05, 3.63) is 63.9 Å². The predicted molar refractivity (Wildman–Crippen MR) is 91.0 cm³/mol. The average Bonchev–Trinajstić information content (AvgIpc) is 2.87. The standard InChI is InChI=1S/C15H14ClN5OS/c1-3-6-20-10(2)18-19-15(20)23-9-12-7-14(22)21-8-11(16)4-5-13(21)17-12/h3-5,7-8H,1,6,9H2,2H3. The van der Waals surface area contributed by atoms with Gasteiger partial charge in [-0.1, -0.05) is 29.4 Å². The largest absolute Gasteiger partial charge is 0.302 e. The van der Waals surface area contributed by atoms with Gasteiger partial charge >= 0.3 is 0 Å². The van der Waals surface area contributed by atoms with Gasteiger partial charge in [0.2, 0.25) is 0 Å². The summed E-state index contributed by atoms with van der Waals surface area (Å²) in [5.41, 5.74) is 1.10. The van der Waals surface area contributed by atoms with Crippen molar-refractivity contribution in [2.45, 2.75) is 24.4 Å². The molecule has 3 heterocycles. The fourth-order valence-corrected chi connectivity index (χ4v) is 3.19. The molecule has 0 saturated heterocycles. The number of aryl methyl sites for hydroxylation is 1. The van der Waals surface area contributed by atoms with E-state index in [2.05, 4.69) is 21.8 Å². The van der Waals surface area contributed by atoms with Crippen molar-refractivity contribution in [2.75, 3.05) is 0 Å². The summed E-state index contributed by atoms with van der Waals surface area (Å²) in [5.74, 6) is 1.36. The van der Waals surface area contributed by atoms with Crippen LogP contribution in [0.4, 0.5) is 0 Å². The summed E-state index contributed by atoms with van der Waals surface area (Å²) in [4.78, 5) is 16.6. The molecule has 0 aliphatic carbocycles.